The first-order valence-electron chi connectivity index (χ1n) is 7.87. The van der Waals surface area contributed by atoms with Crippen LogP contribution in [0.25, 0.3) is 11.3 Å². The van der Waals surface area contributed by atoms with Gasteiger partial charge in [0.15, 0.2) is 29.2 Å². The van der Waals surface area contributed by atoms with E-state index in [1.165, 1.54) is 13.0 Å². The van der Waals surface area contributed by atoms with Crippen LogP contribution in [0, 0.1) is 11.6 Å². The lowest BCUT2D eigenvalue weighted by Crippen LogP contribution is -2.20. The van der Waals surface area contributed by atoms with Crippen LogP contribution in [0.15, 0.2) is 47.8 Å². The third-order valence-corrected chi connectivity index (χ3v) is 4.35. The van der Waals surface area contributed by atoms with Crippen molar-refractivity contribution >= 4 is 28.2 Å². The maximum Gasteiger partial charge on any atom is 0.264 e. The highest BCUT2D eigenvalue weighted by atomic mass is 32.1. The average molecular weight is 388 g/mol. The van der Waals surface area contributed by atoms with Crippen molar-refractivity contribution in [3.63, 3.8) is 0 Å². The molecule has 2 aromatic carbocycles. The van der Waals surface area contributed by atoms with Crippen LogP contribution in [0.2, 0.25) is 0 Å². The summed E-state index contributed by atoms with van der Waals surface area (Å²) in [4.78, 5) is 27.4. The molecular formula is C19H14F2N2O3S. The van der Waals surface area contributed by atoms with E-state index in [4.69, 9.17) is 4.74 Å². The molecule has 138 valence electrons. The second kappa shape index (κ2) is 8.05. The third-order valence-electron chi connectivity index (χ3n) is 3.60. The molecule has 0 bridgehead atoms. The monoisotopic (exact) mass is 388 g/mol. The first kappa shape index (κ1) is 18.7. The minimum absolute atomic E-state index is 0.0556. The number of anilines is 1. The van der Waals surface area contributed by atoms with E-state index in [9.17, 15) is 18.4 Å². The zero-order chi connectivity index (χ0) is 19.4. The molecule has 27 heavy (non-hydrogen) atoms. The lowest BCUT2D eigenvalue weighted by Gasteiger charge is -2.06. The first-order valence-corrected chi connectivity index (χ1v) is 8.75. The van der Waals surface area contributed by atoms with E-state index in [-0.39, 0.29) is 12.4 Å². The molecule has 1 N–H and O–H groups in total. The number of Topliss-reactive ketones (excluding diaryl/α,β-unsaturated/α-hetero) is 1. The van der Waals surface area contributed by atoms with E-state index in [1.54, 1.807) is 29.6 Å². The third kappa shape index (κ3) is 4.73. The summed E-state index contributed by atoms with van der Waals surface area (Å²) in [5.41, 5.74) is 1.39. The number of thiazole rings is 1. The van der Waals surface area contributed by atoms with Crippen LogP contribution >= 0.6 is 11.3 Å². The van der Waals surface area contributed by atoms with Gasteiger partial charge in [-0.05, 0) is 49.4 Å². The number of ether oxygens (including phenoxy) is 1. The van der Waals surface area contributed by atoms with Gasteiger partial charge in [0.2, 0.25) is 0 Å². The molecule has 3 rings (SSSR count). The number of ketones is 1. The summed E-state index contributed by atoms with van der Waals surface area (Å²) in [5.74, 6) is -1.92. The Kier molecular flexibility index (Phi) is 5.56. The topological polar surface area (TPSA) is 68.3 Å². The van der Waals surface area contributed by atoms with E-state index >= 15 is 0 Å². The Bertz CT molecular complexity index is 987. The number of nitrogens with one attached hydrogen (secondary N) is 1. The summed E-state index contributed by atoms with van der Waals surface area (Å²) in [6, 6.07) is 9.92. The molecule has 5 nitrogen and oxygen atoms in total. The van der Waals surface area contributed by atoms with Crippen molar-refractivity contribution in [2.45, 2.75) is 6.92 Å². The highest BCUT2D eigenvalue weighted by molar-refractivity contribution is 7.14. The molecular weight excluding hydrogens is 374 g/mol. The summed E-state index contributed by atoms with van der Waals surface area (Å²) in [7, 11) is 0. The number of hydrogen-bond donors (Lipinski definition) is 1. The van der Waals surface area contributed by atoms with Crippen LogP contribution in [0.4, 0.5) is 13.9 Å². The van der Waals surface area contributed by atoms with Crippen molar-refractivity contribution in [3.05, 3.63) is 65.0 Å². The smallest absolute Gasteiger partial charge is 0.264 e. The van der Waals surface area contributed by atoms with E-state index in [2.05, 4.69) is 10.3 Å². The molecule has 0 saturated heterocycles. The number of hydrogen-bond acceptors (Lipinski definition) is 5. The number of amides is 1. The lowest BCUT2D eigenvalue weighted by molar-refractivity contribution is -0.118. The number of benzene rings is 2. The Hall–Kier alpha value is -3.13. The van der Waals surface area contributed by atoms with Gasteiger partial charge in [0.05, 0.1) is 5.69 Å². The maximum atomic E-state index is 13.3. The number of rotatable bonds is 6. The molecule has 0 unspecified atom stereocenters. The normalized spacial score (nSPS) is 10.5. The van der Waals surface area contributed by atoms with Crippen molar-refractivity contribution < 1.29 is 23.1 Å². The molecule has 0 fully saturated rings. The quantitative estimate of drug-likeness (QED) is 0.639. The molecule has 0 saturated carbocycles. The molecule has 0 radical (unpaired) electrons. The number of nitrogens with zero attached hydrogens (tertiary/aromatic N) is 1. The molecule has 0 aliphatic carbocycles. The Morgan fingerprint density at radius 1 is 1.11 bits per heavy atom. The van der Waals surface area contributed by atoms with Gasteiger partial charge in [-0.3, -0.25) is 14.9 Å². The van der Waals surface area contributed by atoms with Gasteiger partial charge < -0.3 is 4.74 Å². The van der Waals surface area contributed by atoms with Crippen molar-refractivity contribution in [1.29, 1.82) is 0 Å². The van der Waals surface area contributed by atoms with Gasteiger partial charge in [-0.2, -0.15) is 0 Å². The Labute approximate surface area is 157 Å². The molecule has 0 aliphatic heterocycles. The number of carbonyl (C=O) groups excluding carboxylic acids is 2. The SMILES string of the molecule is CC(=O)c1ccc(OCC(=O)Nc2nc(-c3ccc(F)c(F)c3)cs2)cc1. The summed E-state index contributed by atoms with van der Waals surface area (Å²) in [6.45, 7) is 1.23. The van der Waals surface area contributed by atoms with Crippen LogP contribution in [0.3, 0.4) is 0 Å². The van der Waals surface area contributed by atoms with Crippen LogP contribution in [-0.2, 0) is 4.79 Å². The molecule has 1 amide bonds. The average Bonchev–Trinajstić information content (AvgIpc) is 3.11. The summed E-state index contributed by atoms with van der Waals surface area (Å²) >= 11 is 1.16. The fourth-order valence-electron chi connectivity index (χ4n) is 2.21. The lowest BCUT2D eigenvalue weighted by atomic mass is 10.1. The standard InChI is InChI=1S/C19H14F2N2O3S/c1-11(24)12-2-5-14(6-3-12)26-9-18(25)23-19-22-17(10-27-19)13-4-7-15(20)16(21)8-13/h2-8,10H,9H2,1H3,(H,22,23,25). The van der Waals surface area contributed by atoms with Crippen molar-refractivity contribution in [1.82, 2.24) is 4.98 Å². The van der Waals surface area contributed by atoms with E-state index in [0.717, 1.165) is 23.5 Å². The van der Waals surface area contributed by atoms with Crippen LogP contribution in [0.5, 0.6) is 5.75 Å². The highest BCUT2D eigenvalue weighted by Crippen LogP contribution is 2.26. The fraction of sp³-hybridized carbons (Fsp3) is 0.105. The molecule has 8 heteroatoms. The van der Waals surface area contributed by atoms with E-state index in [0.29, 0.717) is 27.7 Å². The zero-order valence-corrected chi connectivity index (χ0v) is 15.0. The second-order valence-electron chi connectivity index (χ2n) is 5.58. The predicted molar refractivity (Wildman–Crippen MR) is 98.0 cm³/mol. The van der Waals surface area contributed by atoms with Gasteiger partial charge in [-0.25, -0.2) is 13.8 Å². The van der Waals surface area contributed by atoms with E-state index in [1.807, 2.05) is 0 Å². The minimum atomic E-state index is -0.963. The highest BCUT2D eigenvalue weighted by Gasteiger charge is 2.11. The van der Waals surface area contributed by atoms with Gasteiger partial charge in [0.1, 0.15) is 5.75 Å². The fourth-order valence-corrected chi connectivity index (χ4v) is 2.95. The van der Waals surface area contributed by atoms with Crippen LogP contribution in [0.1, 0.15) is 17.3 Å². The second-order valence-corrected chi connectivity index (χ2v) is 6.44. The number of aromatic nitrogens is 1. The molecule has 3 aromatic rings. The molecule has 1 heterocycles. The number of halogens is 2. The van der Waals surface area contributed by atoms with Gasteiger partial charge in [-0.1, -0.05) is 0 Å². The summed E-state index contributed by atoms with van der Waals surface area (Å²) in [6.07, 6.45) is 0. The number of carbonyl (C=O) groups is 2. The summed E-state index contributed by atoms with van der Waals surface area (Å²) < 4.78 is 31.7. The Morgan fingerprint density at radius 2 is 1.85 bits per heavy atom. The minimum Gasteiger partial charge on any atom is -0.484 e. The van der Waals surface area contributed by atoms with Gasteiger partial charge in [0, 0.05) is 16.5 Å². The predicted octanol–water partition coefficient (Wildman–Crippen LogP) is 4.31. The van der Waals surface area contributed by atoms with Crippen molar-refractivity contribution in [2.24, 2.45) is 0 Å². The van der Waals surface area contributed by atoms with Crippen LogP contribution < -0.4 is 10.1 Å². The van der Waals surface area contributed by atoms with Gasteiger partial charge >= 0.3 is 0 Å². The van der Waals surface area contributed by atoms with Gasteiger partial charge in [-0.15, -0.1) is 11.3 Å². The molecule has 0 spiro atoms. The molecule has 0 atom stereocenters. The zero-order valence-electron chi connectivity index (χ0n) is 14.2. The summed E-state index contributed by atoms with van der Waals surface area (Å²) in [5, 5.41) is 4.52. The largest absolute Gasteiger partial charge is 0.484 e. The maximum absolute atomic E-state index is 13.3. The van der Waals surface area contributed by atoms with E-state index < -0.39 is 17.5 Å². The first-order chi connectivity index (χ1) is 12.9. The Balaban J connectivity index is 1.57. The van der Waals surface area contributed by atoms with Crippen molar-refractivity contribution in [3.8, 4) is 17.0 Å². The molecule has 1 aromatic heterocycles. The molecule has 0 aliphatic rings. The van der Waals surface area contributed by atoms with Gasteiger partial charge in [0.25, 0.3) is 5.91 Å². The van der Waals surface area contributed by atoms with Crippen molar-refractivity contribution in [2.75, 3.05) is 11.9 Å². The Morgan fingerprint density at radius 3 is 2.52 bits per heavy atom. The van der Waals surface area contributed by atoms with Crippen LogP contribution in [-0.4, -0.2) is 23.3 Å².